The van der Waals surface area contributed by atoms with Crippen molar-refractivity contribution in [1.29, 1.82) is 0 Å². The minimum Gasteiger partial charge on any atom is -0.313 e. The molecule has 0 aromatic heterocycles. The van der Waals surface area contributed by atoms with Gasteiger partial charge >= 0.3 is 0 Å². The van der Waals surface area contributed by atoms with Gasteiger partial charge in [-0.25, -0.2) is 0 Å². The normalized spacial score (nSPS) is 29.5. The van der Waals surface area contributed by atoms with E-state index in [1.165, 1.54) is 58.3 Å². The molecule has 1 saturated carbocycles. The maximum Gasteiger partial charge on any atom is 0.00684 e. The van der Waals surface area contributed by atoms with Gasteiger partial charge in [-0.2, -0.15) is 0 Å². The first-order valence-electron chi connectivity index (χ1n) is 7.61. The topological polar surface area (TPSA) is 15.3 Å². The van der Waals surface area contributed by atoms with Crippen LogP contribution in [0.3, 0.4) is 0 Å². The molecule has 2 heteroatoms. The van der Waals surface area contributed by atoms with Crippen LogP contribution in [0.2, 0.25) is 0 Å². The van der Waals surface area contributed by atoms with Crippen LogP contribution >= 0.6 is 0 Å². The number of nitrogens with one attached hydrogen (secondary N) is 1. The molecular formula is C15H30N2. The lowest BCUT2D eigenvalue weighted by molar-refractivity contribution is 0.175. The summed E-state index contributed by atoms with van der Waals surface area (Å²) in [6.45, 7) is 12.3. The highest BCUT2D eigenvalue weighted by molar-refractivity contribution is 4.88. The molecule has 2 unspecified atom stereocenters. The van der Waals surface area contributed by atoms with Crippen LogP contribution in [0, 0.1) is 11.3 Å². The summed E-state index contributed by atoms with van der Waals surface area (Å²) in [7, 11) is 0. The Balaban J connectivity index is 1.76. The summed E-state index contributed by atoms with van der Waals surface area (Å²) < 4.78 is 0. The number of hydrogen-bond donors (Lipinski definition) is 1. The Bertz CT molecular complexity index is 237. The fourth-order valence-electron chi connectivity index (χ4n) is 2.90. The van der Waals surface area contributed by atoms with Gasteiger partial charge in [0.05, 0.1) is 0 Å². The number of rotatable bonds is 7. The smallest absolute Gasteiger partial charge is 0.00684 e. The zero-order chi connectivity index (χ0) is 12.3. The minimum absolute atomic E-state index is 0.477. The number of hydrogen-bond acceptors (Lipinski definition) is 2. The van der Waals surface area contributed by atoms with Crippen LogP contribution in [-0.4, -0.2) is 37.1 Å². The molecule has 0 amide bonds. The van der Waals surface area contributed by atoms with Gasteiger partial charge in [0.15, 0.2) is 0 Å². The zero-order valence-electron chi connectivity index (χ0n) is 12.0. The number of nitrogens with zero attached hydrogens (tertiary/aromatic N) is 1. The van der Waals surface area contributed by atoms with Gasteiger partial charge in [-0.3, -0.25) is 0 Å². The predicted molar refractivity (Wildman–Crippen MR) is 74.3 cm³/mol. The second kappa shape index (κ2) is 5.71. The molecular weight excluding hydrogens is 208 g/mol. The fourth-order valence-corrected chi connectivity index (χ4v) is 2.90. The molecule has 2 atom stereocenters. The summed E-state index contributed by atoms with van der Waals surface area (Å²) >= 11 is 0. The first-order chi connectivity index (χ1) is 8.15. The van der Waals surface area contributed by atoms with Crippen molar-refractivity contribution in [1.82, 2.24) is 10.2 Å². The minimum atomic E-state index is 0.477. The van der Waals surface area contributed by atoms with Crippen LogP contribution in [0.4, 0.5) is 0 Å². The van der Waals surface area contributed by atoms with Gasteiger partial charge in [0, 0.05) is 25.7 Å². The molecule has 2 aliphatic rings. The lowest BCUT2D eigenvalue weighted by Crippen LogP contribution is -2.41. The summed E-state index contributed by atoms with van der Waals surface area (Å²) in [6.07, 6.45) is 6.88. The van der Waals surface area contributed by atoms with Gasteiger partial charge in [-0.05, 0) is 43.6 Å². The zero-order valence-corrected chi connectivity index (χ0v) is 12.0. The van der Waals surface area contributed by atoms with Crippen molar-refractivity contribution in [3.8, 4) is 0 Å². The highest BCUT2D eigenvalue weighted by atomic mass is 15.2. The SMILES string of the molecule is CCC1CCN(CC(C)(CC)CNC2CC2)C1. The Labute approximate surface area is 107 Å². The first kappa shape index (κ1) is 13.4. The molecule has 100 valence electrons. The number of likely N-dealkylation sites (tertiary alicyclic amines) is 1. The summed E-state index contributed by atoms with van der Waals surface area (Å²) in [5.74, 6) is 0.965. The molecule has 0 spiro atoms. The molecule has 17 heavy (non-hydrogen) atoms. The maximum absolute atomic E-state index is 3.72. The van der Waals surface area contributed by atoms with E-state index in [0.717, 1.165) is 12.0 Å². The standard InChI is InChI=1S/C15H30N2/c1-4-13-8-9-17(10-13)12-15(3,5-2)11-16-14-6-7-14/h13-14,16H,4-12H2,1-3H3. The Morgan fingerprint density at radius 1 is 1.24 bits per heavy atom. The molecule has 0 aromatic rings. The molecule has 1 aliphatic carbocycles. The third kappa shape index (κ3) is 3.96. The second-order valence-electron chi connectivity index (χ2n) is 6.62. The Morgan fingerprint density at radius 2 is 2.00 bits per heavy atom. The van der Waals surface area contributed by atoms with Crippen molar-refractivity contribution >= 4 is 0 Å². The Kier molecular flexibility index (Phi) is 4.48. The quantitative estimate of drug-likeness (QED) is 0.733. The summed E-state index contributed by atoms with van der Waals surface area (Å²) in [4.78, 5) is 2.70. The third-order valence-corrected chi connectivity index (χ3v) is 4.80. The van der Waals surface area contributed by atoms with E-state index in [1.54, 1.807) is 0 Å². The van der Waals surface area contributed by atoms with E-state index >= 15 is 0 Å². The molecule has 2 nitrogen and oxygen atoms in total. The largest absolute Gasteiger partial charge is 0.313 e. The average Bonchev–Trinajstić information content (AvgIpc) is 3.07. The molecule has 2 rings (SSSR count). The Morgan fingerprint density at radius 3 is 2.53 bits per heavy atom. The van der Waals surface area contributed by atoms with Gasteiger partial charge in [0.1, 0.15) is 0 Å². The fraction of sp³-hybridized carbons (Fsp3) is 1.00. The van der Waals surface area contributed by atoms with E-state index in [2.05, 4.69) is 31.0 Å². The van der Waals surface area contributed by atoms with Crippen LogP contribution < -0.4 is 5.32 Å². The van der Waals surface area contributed by atoms with Crippen molar-refractivity contribution < 1.29 is 0 Å². The molecule has 0 radical (unpaired) electrons. The van der Waals surface area contributed by atoms with Crippen molar-refractivity contribution in [2.24, 2.45) is 11.3 Å². The molecule has 1 saturated heterocycles. The lowest BCUT2D eigenvalue weighted by Gasteiger charge is -2.33. The van der Waals surface area contributed by atoms with Gasteiger partial charge < -0.3 is 10.2 Å². The third-order valence-electron chi connectivity index (χ3n) is 4.80. The molecule has 1 N–H and O–H groups in total. The van der Waals surface area contributed by atoms with Gasteiger partial charge in [0.2, 0.25) is 0 Å². The Hall–Kier alpha value is -0.0800. The first-order valence-corrected chi connectivity index (χ1v) is 7.61. The van der Waals surface area contributed by atoms with Crippen molar-refractivity contribution in [3.63, 3.8) is 0 Å². The molecule has 0 aromatic carbocycles. The van der Waals surface area contributed by atoms with Crippen LogP contribution in [0.5, 0.6) is 0 Å². The summed E-state index contributed by atoms with van der Waals surface area (Å²) in [5, 5.41) is 3.72. The van der Waals surface area contributed by atoms with E-state index in [4.69, 9.17) is 0 Å². The lowest BCUT2D eigenvalue weighted by atomic mass is 9.86. The van der Waals surface area contributed by atoms with Crippen molar-refractivity contribution in [2.75, 3.05) is 26.2 Å². The van der Waals surface area contributed by atoms with E-state index in [-0.39, 0.29) is 0 Å². The van der Waals surface area contributed by atoms with Crippen molar-refractivity contribution in [2.45, 2.75) is 58.9 Å². The van der Waals surface area contributed by atoms with Crippen LogP contribution in [-0.2, 0) is 0 Å². The highest BCUT2D eigenvalue weighted by Gasteiger charge is 2.31. The second-order valence-corrected chi connectivity index (χ2v) is 6.62. The van der Waals surface area contributed by atoms with E-state index < -0.39 is 0 Å². The van der Waals surface area contributed by atoms with Crippen molar-refractivity contribution in [3.05, 3.63) is 0 Å². The monoisotopic (exact) mass is 238 g/mol. The van der Waals surface area contributed by atoms with E-state index in [1.807, 2.05) is 0 Å². The summed E-state index contributed by atoms with van der Waals surface area (Å²) in [5.41, 5.74) is 0.477. The average molecular weight is 238 g/mol. The molecule has 1 heterocycles. The van der Waals surface area contributed by atoms with Gasteiger partial charge in [-0.15, -0.1) is 0 Å². The molecule has 0 bridgehead atoms. The van der Waals surface area contributed by atoms with Crippen LogP contribution in [0.15, 0.2) is 0 Å². The van der Waals surface area contributed by atoms with Gasteiger partial charge in [0.25, 0.3) is 0 Å². The highest BCUT2D eigenvalue weighted by Crippen LogP contribution is 2.28. The molecule has 1 aliphatic heterocycles. The van der Waals surface area contributed by atoms with E-state index in [0.29, 0.717) is 5.41 Å². The maximum atomic E-state index is 3.72. The predicted octanol–water partition coefficient (Wildman–Crippen LogP) is 2.89. The van der Waals surface area contributed by atoms with E-state index in [9.17, 15) is 0 Å². The molecule has 2 fully saturated rings. The van der Waals surface area contributed by atoms with Crippen LogP contribution in [0.25, 0.3) is 0 Å². The van der Waals surface area contributed by atoms with Gasteiger partial charge in [-0.1, -0.05) is 27.2 Å². The summed E-state index contributed by atoms with van der Waals surface area (Å²) in [6, 6.07) is 0.850. The van der Waals surface area contributed by atoms with Crippen LogP contribution in [0.1, 0.15) is 52.9 Å².